The molecule has 0 aromatic heterocycles. The molecule has 3 aromatic carbocycles. The van der Waals surface area contributed by atoms with E-state index in [0.29, 0.717) is 15.6 Å². The maximum absolute atomic E-state index is 14.1. The molecule has 2 amide bonds. The first-order valence-electron chi connectivity index (χ1n) is 13.5. The number of benzene rings is 3. The number of anilines is 1. The van der Waals surface area contributed by atoms with Gasteiger partial charge in [-0.3, -0.25) is 13.9 Å². The Hall–Kier alpha value is -2.49. The number of nitrogens with one attached hydrogen (secondary N) is 1. The van der Waals surface area contributed by atoms with E-state index in [2.05, 4.69) is 5.32 Å². The van der Waals surface area contributed by atoms with Crippen molar-refractivity contribution >= 4 is 73.9 Å². The van der Waals surface area contributed by atoms with Gasteiger partial charge in [-0.1, -0.05) is 83.0 Å². The van der Waals surface area contributed by atoms with Crippen molar-refractivity contribution in [2.75, 3.05) is 10.8 Å². The fourth-order valence-corrected chi connectivity index (χ4v) is 7.05. The molecule has 0 unspecified atom stereocenters. The van der Waals surface area contributed by atoms with Crippen LogP contribution in [0.4, 0.5) is 5.69 Å². The van der Waals surface area contributed by atoms with Crippen LogP contribution in [0.25, 0.3) is 0 Å². The summed E-state index contributed by atoms with van der Waals surface area (Å²) in [4.78, 5) is 28.8. The Morgan fingerprint density at radius 3 is 2.12 bits per heavy atom. The van der Waals surface area contributed by atoms with Gasteiger partial charge in [0.05, 0.1) is 20.6 Å². The van der Waals surface area contributed by atoms with Crippen molar-refractivity contribution in [2.45, 2.75) is 63.1 Å². The molecule has 12 heteroatoms. The second kappa shape index (κ2) is 13.9. The molecule has 0 saturated heterocycles. The van der Waals surface area contributed by atoms with Crippen LogP contribution in [0.1, 0.15) is 43.7 Å². The monoisotopic (exact) mass is 669 g/mol. The van der Waals surface area contributed by atoms with E-state index in [4.69, 9.17) is 46.4 Å². The summed E-state index contributed by atoms with van der Waals surface area (Å²) < 4.78 is 28.9. The van der Waals surface area contributed by atoms with Crippen LogP contribution in [0.5, 0.6) is 0 Å². The molecule has 224 valence electrons. The van der Waals surface area contributed by atoms with Crippen LogP contribution in [0, 0.1) is 6.92 Å². The lowest BCUT2D eigenvalue weighted by Gasteiger charge is -2.33. The summed E-state index contributed by atoms with van der Waals surface area (Å²) in [5, 5.41) is 4.01. The van der Waals surface area contributed by atoms with Gasteiger partial charge in [-0.15, -0.1) is 0 Å². The molecule has 0 aliphatic heterocycles. The highest BCUT2D eigenvalue weighted by molar-refractivity contribution is 7.92. The molecule has 42 heavy (non-hydrogen) atoms. The zero-order chi connectivity index (χ0) is 30.6. The summed E-state index contributed by atoms with van der Waals surface area (Å²) in [5.74, 6) is -0.984. The number of carbonyl (C=O) groups excluding carboxylic acids is 2. The molecular formula is C30H31Cl4N3O4S. The van der Waals surface area contributed by atoms with Crippen LogP contribution in [0.2, 0.25) is 20.1 Å². The zero-order valence-electron chi connectivity index (χ0n) is 23.1. The van der Waals surface area contributed by atoms with Crippen LogP contribution >= 0.6 is 46.4 Å². The van der Waals surface area contributed by atoms with Crippen molar-refractivity contribution in [2.24, 2.45) is 0 Å². The second-order valence-electron chi connectivity index (χ2n) is 10.3. The molecule has 0 spiro atoms. The van der Waals surface area contributed by atoms with Gasteiger partial charge in [-0.2, -0.15) is 0 Å². The number of aryl methyl sites for hydroxylation is 1. The van der Waals surface area contributed by atoms with Gasteiger partial charge in [0, 0.05) is 28.2 Å². The molecule has 7 nitrogen and oxygen atoms in total. The molecule has 1 aliphatic rings. The molecule has 1 aliphatic carbocycles. The molecular weight excluding hydrogens is 640 g/mol. The van der Waals surface area contributed by atoms with E-state index in [9.17, 15) is 18.0 Å². The van der Waals surface area contributed by atoms with Crippen molar-refractivity contribution in [1.82, 2.24) is 10.2 Å². The largest absolute Gasteiger partial charge is 0.352 e. The van der Waals surface area contributed by atoms with Gasteiger partial charge in [0.2, 0.25) is 11.8 Å². The predicted molar refractivity (Wildman–Crippen MR) is 169 cm³/mol. The third-order valence-electron chi connectivity index (χ3n) is 7.34. The minimum Gasteiger partial charge on any atom is -0.352 e. The standard InChI is InChI=1S/C30H31Cl4N3O4S/c1-19-10-13-23(14-11-19)42(40,41)37(22-12-15-27(33)28(34)16-22)18-29(38)36(17-24-25(31)8-5-9-26(24)32)20(2)30(39)35-21-6-3-4-7-21/h5,8-16,20-21H,3-4,6-7,17-18H2,1-2H3,(H,35,39)/t20-/m1/s1. The number of hydrogen-bond donors (Lipinski definition) is 1. The van der Waals surface area contributed by atoms with Crippen molar-refractivity contribution in [1.29, 1.82) is 0 Å². The Labute approximate surface area is 266 Å². The highest BCUT2D eigenvalue weighted by Gasteiger charge is 2.34. The third-order valence-corrected chi connectivity index (χ3v) is 10.6. The lowest BCUT2D eigenvalue weighted by atomic mass is 10.1. The van der Waals surface area contributed by atoms with Crippen LogP contribution in [-0.2, 0) is 26.2 Å². The highest BCUT2D eigenvalue weighted by atomic mass is 35.5. The van der Waals surface area contributed by atoms with Gasteiger partial charge in [-0.05, 0) is 69.2 Å². The summed E-state index contributed by atoms with van der Waals surface area (Å²) in [5.41, 5.74) is 1.45. The van der Waals surface area contributed by atoms with Crippen LogP contribution < -0.4 is 9.62 Å². The van der Waals surface area contributed by atoms with Gasteiger partial charge in [0.25, 0.3) is 10.0 Å². The highest BCUT2D eigenvalue weighted by Crippen LogP contribution is 2.32. The van der Waals surface area contributed by atoms with E-state index in [0.717, 1.165) is 35.6 Å². The average Bonchev–Trinajstić information content (AvgIpc) is 3.46. The lowest BCUT2D eigenvalue weighted by Crippen LogP contribution is -2.52. The molecule has 0 radical (unpaired) electrons. The number of hydrogen-bond acceptors (Lipinski definition) is 4. The fraction of sp³-hybridized carbons (Fsp3) is 0.333. The molecule has 0 heterocycles. The summed E-state index contributed by atoms with van der Waals surface area (Å²) >= 11 is 25.3. The van der Waals surface area contributed by atoms with Crippen molar-refractivity contribution in [3.8, 4) is 0 Å². The molecule has 1 fully saturated rings. The number of amides is 2. The molecule has 1 saturated carbocycles. The number of rotatable bonds is 10. The van der Waals surface area contributed by atoms with Crippen LogP contribution in [0.3, 0.4) is 0 Å². The fourth-order valence-electron chi connectivity index (χ4n) is 4.83. The summed E-state index contributed by atoms with van der Waals surface area (Å²) in [6, 6.07) is 14.6. The summed E-state index contributed by atoms with van der Waals surface area (Å²) in [6.45, 7) is 2.70. The Balaban J connectivity index is 1.73. The second-order valence-corrected chi connectivity index (χ2v) is 13.8. The molecule has 1 N–H and O–H groups in total. The summed E-state index contributed by atoms with van der Waals surface area (Å²) in [7, 11) is -4.25. The Kier molecular flexibility index (Phi) is 10.7. The average molecular weight is 671 g/mol. The number of halogens is 4. The number of sulfonamides is 1. The number of carbonyl (C=O) groups is 2. The van der Waals surface area contributed by atoms with Gasteiger partial charge in [0.1, 0.15) is 12.6 Å². The predicted octanol–water partition coefficient (Wildman–Crippen LogP) is 7.28. The van der Waals surface area contributed by atoms with E-state index in [1.807, 2.05) is 6.92 Å². The van der Waals surface area contributed by atoms with Crippen molar-refractivity contribution in [3.63, 3.8) is 0 Å². The Morgan fingerprint density at radius 1 is 0.905 bits per heavy atom. The van der Waals surface area contributed by atoms with Crippen LogP contribution in [0.15, 0.2) is 65.6 Å². The first-order valence-corrected chi connectivity index (χ1v) is 16.4. The topological polar surface area (TPSA) is 86.8 Å². The van der Waals surface area contributed by atoms with Gasteiger partial charge in [-0.25, -0.2) is 8.42 Å². The minimum atomic E-state index is -4.25. The van der Waals surface area contributed by atoms with E-state index in [-0.39, 0.29) is 39.1 Å². The molecule has 4 rings (SSSR count). The normalized spacial score (nSPS) is 14.4. The van der Waals surface area contributed by atoms with Gasteiger partial charge < -0.3 is 10.2 Å². The van der Waals surface area contributed by atoms with Crippen LogP contribution in [-0.4, -0.2) is 43.8 Å². The maximum atomic E-state index is 14.1. The van der Waals surface area contributed by atoms with Crippen molar-refractivity contribution in [3.05, 3.63) is 91.9 Å². The third kappa shape index (κ3) is 7.53. The van der Waals surface area contributed by atoms with E-state index < -0.39 is 28.5 Å². The summed E-state index contributed by atoms with van der Waals surface area (Å²) in [6.07, 6.45) is 3.77. The smallest absolute Gasteiger partial charge is 0.264 e. The molecule has 0 bridgehead atoms. The zero-order valence-corrected chi connectivity index (χ0v) is 27.0. The van der Waals surface area contributed by atoms with Gasteiger partial charge in [0.15, 0.2) is 0 Å². The quantitative estimate of drug-likeness (QED) is 0.246. The van der Waals surface area contributed by atoms with Gasteiger partial charge >= 0.3 is 0 Å². The number of nitrogens with zero attached hydrogens (tertiary/aromatic N) is 2. The molecule has 1 atom stereocenters. The Morgan fingerprint density at radius 2 is 1.52 bits per heavy atom. The Bertz CT molecular complexity index is 1540. The molecule has 3 aromatic rings. The van der Waals surface area contributed by atoms with E-state index in [1.54, 1.807) is 37.3 Å². The first-order chi connectivity index (χ1) is 19.9. The maximum Gasteiger partial charge on any atom is 0.264 e. The SMILES string of the molecule is Cc1ccc(S(=O)(=O)N(CC(=O)N(Cc2c(Cl)cccc2Cl)[C@H](C)C(=O)NC2CCCC2)c2ccc(Cl)c(Cl)c2)cc1. The van der Waals surface area contributed by atoms with E-state index in [1.165, 1.54) is 35.2 Å². The van der Waals surface area contributed by atoms with E-state index >= 15 is 0 Å². The minimum absolute atomic E-state index is 0.0142. The first kappa shape index (κ1) is 32.4. The lowest BCUT2D eigenvalue weighted by molar-refractivity contribution is -0.139. The van der Waals surface area contributed by atoms with Crippen molar-refractivity contribution < 1.29 is 18.0 Å².